The van der Waals surface area contributed by atoms with Gasteiger partial charge < -0.3 is 4.90 Å². The summed E-state index contributed by atoms with van der Waals surface area (Å²) >= 11 is 0. The van der Waals surface area contributed by atoms with E-state index in [-0.39, 0.29) is 0 Å². The SMILES string of the molecule is CCCN(CC(F)(F)F)c1ccc(C=O)cc1. The number of aldehydes is 1. The van der Waals surface area contributed by atoms with Crippen molar-refractivity contribution in [2.24, 2.45) is 0 Å². The molecule has 1 aromatic carbocycles. The molecule has 0 saturated heterocycles. The van der Waals surface area contributed by atoms with Crippen molar-refractivity contribution in [2.75, 3.05) is 18.0 Å². The van der Waals surface area contributed by atoms with Crippen molar-refractivity contribution in [3.05, 3.63) is 29.8 Å². The van der Waals surface area contributed by atoms with Crippen LogP contribution < -0.4 is 4.90 Å². The van der Waals surface area contributed by atoms with Gasteiger partial charge in [-0.1, -0.05) is 6.92 Å². The number of rotatable bonds is 5. The molecule has 94 valence electrons. The Kier molecular flexibility index (Phi) is 4.54. The number of carbonyl (C=O) groups is 1. The lowest BCUT2D eigenvalue weighted by Gasteiger charge is -2.25. The van der Waals surface area contributed by atoms with Crippen LogP contribution in [0.2, 0.25) is 0 Å². The zero-order valence-electron chi connectivity index (χ0n) is 9.50. The lowest BCUT2D eigenvalue weighted by Crippen LogP contribution is -2.34. The fourth-order valence-electron chi connectivity index (χ4n) is 1.55. The molecule has 0 N–H and O–H groups in total. The molecule has 0 fully saturated rings. The van der Waals surface area contributed by atoms with E-state index in [1.54, 1.807) is 0 Å². The summed E-state index contributed by atoms with van der Waals surface area (Å²) in [5.74, 6) is 0. The van der Waals surface area contributed by atoms with Gasteiger partial charge in [-0.25, -0.2) is 0 Å². The van der Waals surface area contributed by atoms with Gasteiger partial charge in [0.1, 0.15) is 12.8 Å². The number of benzene rings is 1. The number of carbonyl (C=O) groups excluding carboxylic acids is 1. The molecule has 17 heavy (non-hydrogen) atoms. The average molecular weight is 245 g/mol. The Balaban J connectivity index is 2.85. The van der Waals surface area contributed by atoms with Crippen molar-refractivity contribution in [1.82, 2.24) is 0 Å². The molecule has 5 heteroatoms. The predicted octanol–water partition coefficient (Wildman–Crippen LogP) is 3.28. The third-order valence-electron chi connectivity index (χ3n) is 2.26. The molecule has 0 atom stereocenters. The number of hydrogen-bond donors (Lipinski definition) is 0. The molecular formula is C12H14F3NO. The largest absolute Gasteiger partial charge is 0.405 e. The van der Waals surface area contributed by atoms with Gasteiger partial charge >= 0.3 is 6.18 Å². The summed E-state index contributed by atoms with van der Waals surface area (Å²) in [4.78, 5) is 11.7. The van der Waals surface area contributed by atoms with Gasteiger partial charge in [0, 0.05) is 17.8 Å². The number of halogens is 3. The summed E-state index contributed by atoms with van der Waals surface area (Å²) in [7, 11) is 0. The van der Waals surface area contributed by atoms with Crippen molar-refractivity contribution < 1.29 is 18.0 Å². The van der Waals surface area contributed by atoms with E-state index in [0.717, 1.165) is 0 Å². The smallest absolute Gasteiger partial charge is 0.363 e. The van der Waals surface area contributed by atoms with Gasteiger partial charge in [-0.3, -0.25) is 4.79 Å². The fourth-order valence-corrected chi connectivity index (χ4v) is 1.55. The van der Waals surface area contributed by atoms with Crippen molar-refractivity contribution >= 4 is 12.0 Å². The Labute approximate surface area is 98.0 Å². The van der Waals surface area contributed by atoms with E-state index >= 15 is 0 Å². The van der Waals surface area contributed by atoms with Crippen molar-refractivity contribution in [3.63, 3.8) is 0 Å². The fraction of sp³-hybridized carbons (Fsp3) is 0.417. The zero-order valence-corrected chi connectivity index (χ0v) is 9.50. The van der Waals surface area contributed by atoms with E-state index in [0.29, 0.717) is 30.5 Å². The Bertz CT molecular complexity index is 359. The molecule has 0 radical (unpaired) electrons. The Hall–Kier alpha value is -1.52. The Morgan fingerprint density at radius 3 is 2.24 bits per heavy atom. The van der Waals surface area contributed by atoms with Gasteiger partial charge in [0.15, 0.2) is 0 Å². The Morgan fingerprint density at radius 1 is 1.24 bits per heavy atom. The van der Waals surface area contributed by atoms with Gasteiger partial charge in [0.2, 0.25) is 0 Å². The molecule has 0 saturated carbocycles. The van der Waals surface area contributed by atoms with Gasteiger partial charge in [0.05, 0.1) is 0 Å². The second kappa shape index (κ2) is 5.70. The maximum Gasteiger partial charge on any atom is 0.405 e. The van der Waals surface area contributed by atoms with E-state index in [4.69, 9.17) is 0 Å². The molecule has 0 aliphatic rings. The lowest BCUT2D eigenvalue weighted by molar-refractivity contribution is -0.119. The highest BCUT2D eigenvalue weighted by Gasteiger charge is 2.30. The van der Waals surface area contributed by atoms with Crippen LogP contribution in [0.5, 0.6) is 0 Å². The molecule has 0 heterocycles. The summed E-state index contributed by atoms with van der Waals surface area (Å²) in [5, 5.41) is 0. The number of hydrogen-bond acceptors (Lipinski definition) is 2. The van der Waals surface area contributed by atoms with E-state index in [1.807, 2.05) is 6.92 Å². The minimum atomic E-state index is -4.22. The predicted molar refractivity (Wildman–Crippen MR) is 60.4 cm³/mol. The van der Waals surface area contributed by atoms with Gasteiger partial charge in [0.25, 0.3) is 0 Å². The van der Waals surface area contributed by atoms with Crippen LogP contribution in [0.1, 0.15) is 23.7 Å². The molecule has 0 amide bonds. The molecule has 1 rings (SSSR count). The first kappa shape index (κ1) is 13.5. The molecule has 0 unspecified atom stereocenters. The summed E-state index contributed by atoms with van der Waals surface area (Å²) in [6.07, 6.45) is -2.93. The third kappa shape index (κ3) is 4.46. The maximum atomic E-state index is 12.4. The van der Waals surface area contributed by atoms with Crippen LogP contribution in [-0.4, -0.2) is 25.6 Å². The second-order valence-electron chi connectivity index (χ2n) is 3.75. The second-order valence-corrected chi connectivity index (χ2v) is 3.75. The molecule has 0 bridgehead atoms. The summed E-state index contributed by atoms with van der Waals surface area (Å²) < 4.78 is 37.1. The zero-order chi connectivity index (χ0) is 12.9. The quantitative estimate of drug-likeness (QED) is 0.742. The van der Waals surface area contributed by atoms with Crippen LogP contribution in [0.25, 0.3) is 0 Å². The molecular weight excluding hydrogens is 231 g/mol. The monoisotopic (exact) mass is 245 g/mol. The van der Waals surface area contributed by atoms with Gasteiger partial charge in [-0.15, -0.1) is 0 Å². The van der Waals surface area contributed by atoms with Gasteiger partial charge in [-0.2, -0.15) is 13.2 Å². The minimum Gasteiger partial charge on any atom is -0.363 e. The third-order valence-corrected chi connectivity index (χ3v) is 2.26. The molecule has 1 aromatic rings. The summed E-state index contributed by atoms with van der Waals surface area (Å²) in [6, 6.07) is 6.10. The number of anilines is 1. The normalized spacial score (nSPS) is 11.3. The van der Waals surface area contributed by atoms with Crippen LogP contribution >= 0.6 is 0 Å². The standard InChI is InChI=1S/C12H14F3NO/c1-2-7-16(9-12(13,14)15)11-5-3-10(8-17)4-6-11/h3-6,8H,2,7,9H2,1H3. The number of nitrogens with zero attached hydrogens (tertiary/aromatic N) is 1. The highest BCUT2D eigenvalue weighted by Crippen LogP contribution is 2.22. The van der Waals surface area contributed by atoms with E-state index in [1.165, 1.54) is 29.2 Å². The topological polar surface area (TPSA) is 20.3 Å². The Morgan fingerprint density at radius 2 is 1.82 bits per heavy atom. The maximum absolute atomic E-state index is 12.4. The van der Waals surface area contributed by atoms with Crippen LogP contribution in [0.15, 0.2) is 24.3 Å². The summed E-state index contributed by atoms with van der Waals surface area (Å²) in [5.41, 5.74) is 0.937. The van der Waals surface area contributed by atoms with Gasteiger partial charge in [-0.05, 0) is 30.7 Å². The first-order valence-electron chi connectivity index (χ1n) is 5.33. The molecule has 2 nitrogen and oxygen atoms in total. The highest BCUT2D eigenvalue weighted by molar-refractivity contribution is 5.75. The lowest BCUT2D eigenvalue weighted by atomic mass is 10.2. The summed E-state index contributed by atoms with van der Waals surface area (Å²) in [6.45, 7) is 1.18. The van der Waals surface area contributed by atoms with Crippen molar-refractivity contribution in [2.45, 2.75) is 19.5 Å². The van der Waals surface area contributed by atoms with Crippen molar-refractivity contribution in [1.29, 1.82) is 0 Å². The van der Waals surface area contributed by atoms with Crippen LogP contribution in [-0.2, 0) is 0 Å². The van der Waals surface area contributed by atoms with Crippen molar-refractivity contribution in [3.8, 4) is 0 Å². The van der Waals surface area contributed by atoms with Crippen LogP contribution in [0.3, 0.4) is 0 Å². The first-order chi connectivity index (χ1) is 7.96. The first-order valence-corrected chi connectivity index (χ1v) is 5.33. The number of alkyl halides is 3. The molecule has 0 aliphatic carbocycles. The van der Waals surface area contributed by atoms with E-state index < -0.39 is 12.7 Å². The van der Waals surface area contributed by atoms with Crippen LogP contribution in [0, 0.1) is 0 Å². The molecule has 0 spiro atoms. The average Bonchev–Trinajstić information content (AvgIpc) is 2.27. The highest BCUT2D eigenvalue weighted by atomic mass is 19.4. The van der Waals surface area contributed by atoms with Crippen LogP contribution in [0.4, 0.5) is 18.9 Å². The molecule has 0 aliphatic heterocycles. The minimum absolute atomic E-state index is 0.333. The van der Waals surface area contributed by atoms with E-state index in [2.05, 4.69) is 0 Å². The van der Waals surface area contributed by atoms with E-state index in [9.17, 15) is 18.0 Å². The molecule has 0 aromatic heterocycles.